The molecule has 2 fully saturated rings. The van der Waals surface area contributed by atoms with E-state index in [0.717, 1.165) is 22.3 Å². The molecule has 3 aliphatic rings. The third-order valence-corrected chi connectivity index (χ3v) is 10.1. The highest BCUT2D eigenvalue weighted by Crippen LogP contribution is 2.42. The van der Waals surface area contributed by atoms with Gasteiger partial charge in [0.1, 0.15) is 36.1 Å². The van der Waals surface area contributed by atoms with Gasteiger partial charge in [0.2, 0.25) is 0 Å². The molecule has 3 aliphatic heterocycles. The van der Waals surface area contributed by atoms with Gasteiger partial charge in [-0.15, -0.1) is 0 Å². The van der Waals surface area contributed by atoms with Gasteiger partial charge in [-0.05, 0) is 75.9 Å². The van der Waals surface area contributed by atoms with E-state index in [4.69, 9.17) is 37.9 Å². The van der Waals surface area contributed by atoms with Crippen molar-refractivity contribution in [1.29, 1.82) is 0 Å². The highest BCUT2D eigenvalue weighted by atomic mass is 16.8. The summed E-state index contributed by atoms with van der Waals surface area (Å²) in [5.74, 6) is -1.24. The first-order valence-corrected chi connectivity index (χ1v) is 19.1. The maximum Gasteiger partial charge on any atom is 0.311 e. The summed E-state index contributed by atoms with van der Waals surface area (Å²) in [4.78, 5) is 13.3. The largest absolute Gasteiger partial charge is 0.455 e. The van der Waals surface area contributed by atoms with E-state index in [1.807, 2.05) is 133 Å². The first-order valence-electron chi connectivity index (χ1n) is 19.1. The topological polar surface area (TPSA) is 90.9 Å². The number of hydrogen-bond donors (Lipinski definition) is 0. The van der Waals surface area contributed by atoms with Gasteiger partial charge < -0.3 is 37.9 Å². The van der Waals surface area contributed by atoms with Gasteiger partial charge in [0, 0.05) is 0 Å². The number of fused-ring (bicyclic) bond motifs is 1. The maximum absolute atomic E-state index is 13.3. The number of rotatable bonds is 12. The van der Waals surface area contributed by atoms with Gasteiger partial charge in [0.25, 0.3) is 0 Å². The highest BCUT2D eigenvalue weighted by Gasteiger charge is 2.56. The van der Waals surface area contributed by atoms with Crippen LogP contribution in [-0.4, -0.2) is 67.6 Å². The van der Waals surface area contributed by atoms with E-state index in [1.165, 1.54) is 0 Å². The Morgan fingerprint density at radius 2 is 1.24 bits per heavy atom. The fourth-order valence-corrected chi connectivity index (χ4v) is 7.37. The van der Waals surface area contributed by atoms with E-state index in [1.54, 1.807) is 6.08 Å². The minimum absolute atomic E-state index is 0.0514. The molecule has 0 N–H and O–H groups in total. The van der Waals surface area contributed by atoms with Crippen LogP contribution < -0.4 is 0 Å². The van der Waals surface area contributed by atoms with Crippen LogP contribution in [0.5, 0.6) is 0 Å². The molecule has 0 radical (unpaired) electrons. The molecule has 2 saturated heterocycles. The molecule has 9 nitrogen and oxygen atoms in total. The van der Waals surface area contributed by atoms with Gasteiger partial charge in [-0.2, -0.15) is 0 Å². The van der Waals surface area contributed by atoms with Gasteiger partial charge >= 0.3 is 5.97 Å². The van der Waals surface area contributed by atoms with Gasteiger partial charge in [-0.25, -0.2) is 0 Å². The predicted octanol–water partition coefficient (Wildman–Crippen LogP) is 8.10. The minimum atomic E-state index is -1.02. The Kier molecular flexibility index (Phi) is 11.7. The summed E-state index contributed by atoms with van der Waals surface area (Å²) >= 11 is 0. The Morgan fingerprint density at radius 3 is 1.78 bits per heavy atom. The number of carbonyl (C=O) groups is 1. The number of benzene rings is 4. The average Bonchev–Trinajstić information content (AvgIpc) is 3.52. The van der Waals surface area contributed by atoms with Crippen LogP contribution in [0.4, 0.5) is 0 Å². The molecular formula is C46H52O9. The maximum atomic E-state index is 13.3. The Morgan fingerprint density at radius 1 is 0.709 bits per heavy atom. The van der Waals surface area contributed by atoms with Crippen molar-refractivity contribution in [1.82, 2.24) is 0 Å². The number of hydrogen-bond acceptors (Lipinski definition) is 9. The van der Waals surface area contributed by atoms with Crippen LogP contribution >= 0.6 is 0 Å². The Bertz CT molecular complexity index is 1760. The number of esters is 1. The molecule has 0 amide bonds. The molecule has 0 bridgehead atoms. The molecule has 7 rings (SSSR count). The zero-order chi connectivity index (χ0) is 38.6. The Balaban J connectivity index is 1.16. The monoisotopic (exact) mass is 748 g/mol. The molecule has 9 heteroatoms. The van der Waals surface area contributed by atoms with Crippen molar-refractivity contribution in [2.45, 2.75) is 109 Å². The van der Waals surface area contributed by atoms with E-state index in [-0.39, 0.29) is 12.6 Å². The van der Waals surface area contributed by atoms with Crippen LogP contribution in [0.3, 0.4) is 0 Å². The third kappa shape index (κ3) is 8.79. The SMILES string of the molecule is C[C@@H]1O[C@@H](OCc2ccccc2)[C@@H]2OC(C)(C)O[C@@H]2[C@H]1O[C@@H]1C=C[C@H](OC(=O)C(C)(C)C)[C@@H](COC(c2ccccc2)(c2ccccc2)c2ccccc2)O1. The zero-order valence-corrected chi connectivity index (χ0v) is 32.4. The molecule has 0 unspecified atom stereocenters. The highest BCUT2D eigenvalue weighted by molar-refractivity contribution is 5.75. The fourth-order valence-electron chi connectivity index (χ4n) is 7.37. The van der Waals surface area contributed by atoms with Crippen molar-refractivity contribution >= 4 is 5.97 Å². The second kappa shape index (κ2) is 16.5. The van der Waals surface area contributed by atoms with Gasteiger partial charge in [-0.3, -0.25) is 4.79 Å². The molecule has 0 saturated carbocycles. The molecular weight excluding hydrogens is 696 g/mol. The van der Waals surface area contributed by atoms with E-state index in [2.05, 4.69) is 36.4 Å². The third-order valence-electron chi connectivity index (χ3n) is 10.1. The zero-order valence-electron chi connectivity index (χ0n) is 32.4. The Hall–Kier alpha value is -4.19. The quantitative estimate of drug-likeness (QED) is 0.0810. The first kappa shape index (κ1) is 39.1. The van der Waals surface area contributed by atoms with Crippen molar-refractivity contribution < 1.29 is 42.7 Å². The minimum Gasteiger partial charge on any atom is -0.455 e. The Labute approximate surface area is 324 Å². The summed E-state index contributed by atoms with van der Waals surface area (Å²) in [5.41, 5.74) is 2.11. The van der Waals surface area contributed by atoms with Gasteiger partial charge in [0.15, 0.2) is 18.4 Å². The van der Waals surface area contributed by atoms with Crippen LogP contribution in [0.1, 0.15) is 63.8 Å². The second-order valence-corrected chi connectivity index (χ2v) is 15.8. The summed E-state index contributed by atoms with van der Waals surface area (Å²) in [7, 11) is 0. The lowest BCUT2D eigenvalue weighted by Crippen LogP contribution is -2.58. The standard InChI is InChI=1S/C46H52O9/c1-31-39(40-41(55-45(5,6)54-40)42(50-31)48-29-32-19-11-7-12-20-32)53-38-28-27-36(52-43(47)44(2,3)4)37(51-38)30-49-46(33-21-13-8-14-22-33,34-23-15-9-16-24-34)35-25-17-10-18-26-35/h7-28,31,36-42H,29-30H2,1-6H3/t31-,36-,37+,38+,39-,40+,41+,42+/m0/s1. The van der Waals surface area contributed by atoms with E-state index in [9.17, 15) is 4.79 Å². The molecule has 4 aromatic carbocycles. The molecule has 55 heavy (non-hydrogen) atoms. The summed E-state index contributed by atoms with van der Waals surface area (Å²) in [6.07, 6.45) is -1.48. The lowest BCUT2D eigenvalue weighted by Gasteiger charge is -2.43. The van der Waals surface area contributed by atoms with Crippen molar-refractivity contribution in [2.75, 3.05) is 6.61 Å². The molecule has 3 heterocycles. The lowest BCUT2D eigenvalue weighted by atomic mass is 9.80. The van der Waals surface area contributed by atoms with Crippen LogP contribution in [0.2, 0.25) is 0 Å². The van der Waals surface area contributed by atoms with Gasteiger partial charge in [-0.1, -0.05) is 121 Å². The molecule has 8 atom stereocenters. The van der Waals surface area contributed by atoms with Crippen molar-refractivity contribution in [3.8, 4) is 0 Å². The molecule has 290 valence electrons. The molecule has 0 spiro atoms. The van der Waals surface area contributed by atoms with E-state index >= 15 is 0 Å². The second-order valence-electron chi connectivity index (χ2n) is 15.8. The lowest BCUT2D eigenvalue weighted by molar-refractivity contribution is -0.304. The van der Waals surface area contributed by atoms with Crippen molar-refractivity contribution in [2.24, 2.45) is 5.41 Å². The van der Waals surface area contributed by atoms with Crippen LogP contribution in [0, 0.1) is 5.41 Å². The summed E-state index contributed by atoms with van der Waals surface area (Å²) in [5, 5.41) is 0. The van der Waals surface area contributed by atoms with Gasteiger partial charge in [0.05, 0.1) is 24.7 Å². The number of ether oxygens (including phenoxy) is 8. The summed E-state index contributed by atoms with van der Waals surface area (Å²) in [6, 6.07) is 40.3. The first-order chi connectivity index (χ1) is 26.4. The van der Waals surface area contributed by atoms with E-state index in [0.29, 0.717) is 6.61 Å². The fraction of sp³-hybridized carbons (Fsp3) is 0.413. The predicted molar refractivity (Wildman–Crippen MR) is 207 cm³/mol. The molecule has 0 aliphatic carbocycles. The average molecular weight is 749 g/mol. The molecule has 0 aromatic heterocycles. The van der Waals surface area contributed by atoms with Crippen LogP contribution in [0.25, 0.3) is 0 Å². The number of carbonyl (C=O) groups excluding carboxylic acids is 1. The molecule has 4 aromatic rings. The summed E-state index contributed by atoms with van der Waals surface area (Å²) in [6.45, 7) is 11.6. The van der Waals surface area contributed by atoms with Crippen LogP contribution in [-0.2, 0) is 54.9 Å². The summed E-state index contributed by atoms with van der Waals surface area (Å²) < 4.78 is 52.2. The van der Waals surface area contributed by atoms with Crippen molar-refractivity contribution in [3.63, 3.8) is 0 Å². The smallest absolute Gasteiger partial charge is 0.311 e. The van der Waals surface area contributed by atoms with Crippen LogP contribution in [0.15, 0.2) is 133 Å². The van der Waals surface area contributed by atoms with E-state index < -0.39 is 66.0 Å². The van der Waals surface area contributed by atoms with Crippen molar-refractivity contribution in [3.05, 3.63) is 156 Å². The normalized spacial score (nSPS) is 27.7.